The maximum atomic E-state index is 12.2. The largest absolute Gasteiger partial charge is 0.483 e. The van der Waals surface area contributed by atoms with Crippen molar-refractivity contribution in [1.82, 2.24) is 0 Å². The summed E-state index contributed by atoms with van der Waals surface area (Å²) in [5.74, 6) is 0.423. The highest BCUT2D eigenvalue weighted by Gasteiger charge is 2.07. The monoisotopic (exact) mass is 402 g/mol. The van der Waals surface area contributed by atoms with Gasteiger partial charge in [0.05, 0.1) is 0 Å². The summed E-state index contributed by atoms with van der Waals surface area (Å²) in [6, 6.07) is 22.8. The number of rotatable bonds is 8. The minimum absolute atomic E-state index is 0.0439. The first-order valence-electron chi connectivity index (χ1n) is 9.93. The number of amides is 2. The Morgan fingerprint density at radius 3 is 2.10 bits per heavy atom. The lowest BCUT2D eigenvalue weighted by atomic mass is 10.1. The van der Waals surface area contributed by atoms with Gasteiger partial charge in [0.1, 0.15) is 5.75 Å². The number of ether oxygens (including phenoxy) is 1. The standard InChI is InChI=1S/C25H26N2O3/c1-18-8-9-19(2)23(16-18)30-17-25(29)27-22-13-11-21(12-14-22)26-24(28)15-10-20-6-4-3-5-7-20/h3-9,11-14,16H,10,15,17H2,1-2H3,(H,26,28)(H,27,29). The Kier molecular flexibility index (Phi) is 7.22. The highest BCUT2D eigenvalue weighted by Crippen LogP contribution is 2.19. The molecule has 30 heavy (non-hydrogen) atoms. The SMILES string of the molecule is Cc1ccc(C)c(OCC(=O)Nc2ccc(NC(=O)CCc3ccccc3)cc2)c1. The molecule has 2 N–H and O–H groups in total. The van der Waals surface area contributed by atoms with Crippen LogP contribution in [0.5, 0.6) is 5.75 Å². The maximum absolute atomic E-state index is 12.2. The molecule has 0 heterocycles. The van der Waals surface area contributed by atoms with E-state index in [0.717, 1.165) is 16.7 Å². The third kappa shape index (κ3) is 6.48. The van der Waals surface area contributed by atoms with Crippen LogP contribution >= 0.6 is 0 Å². The summed E-state index contributed by atoms with van der Waals surface area (Å²) < 4.78 is 5.62. The number of benzene rings is 3. The van der Waals surface area contributed by atoms with Crippen molar-refractivity contribution in [3.63, 3.8) is 0 Å². The molecule has 2 amide bonds. The molecular weight excluding hydrogens is 376 g/mol. The van der Waals surface area contributed by atoms with Crippen molar-refractivity contribution in [1.29, 1.82) is 0 Å². The number of hydrogen-bond acceptors (Lipinski definition) is 3. The highest BCUT2D eigenvalue weighted by atomic mass is 16.5. The predicted molar refractivity (Wildman–Crippen MR) is 120 cm³/mol. The minimum atomic E-state index is -0.240. The lowest BCUT2D eigenvalue weighted by Crippen LogP contribution is -2.20. The fraction of sp³-hybridized carbons (Fsp3) is 0.200. The fourth-order valence-corrected chi connectivity index (χ4v) is 2.97. The summed E-state index contributed by atoms with van der Waals surface area (Å²) in [5, 5.41) is 5.67. The summed E-state index contributed by atoms with van der Waals surface area (Å²) in [5.41, 5.74) is 4.54. The lowest BCUT2D eigenvalue weighted by Gasteiger charge is -2.11. The molecule has 0 saturated carbocycles. The fourth-order valence-electron chi connectivity index (χ4n) is 2.97. The molecule has 3 aromatic carbocycles. The van der Waals surface area contributed by atoms with Gasteiger partial charge in [0.15, 0.2) is 6.61 Å². The van der Waals surface area contributed by atoms with Crippen LogP contribution in [0.2, 0.25) is 0 Å². The summed E-state index contributed by atoms with van der Waals surface area (Å²) in [6.45, 7) is 3.86. The van der Waals surface area contributed by atoms with E-state index in [9.17, 15) is 9.59 Å². The third-order valence-corrected chi connectivity index (χ3v) is 4.64. The Morgan fingerprint density at radius 2 is 1.43 bits per heavy atom. The number of carbonyl (C=O) groups is 2. The van der Waals surface area contributed by atoms with Gasteiger partial charge in [-0.1, -0.05) is 42.5 Å². The first kappa shape index (κ1) is 21.1. The molecule has 0 radical (unpaired) electrons. The van der Waals surface area contributed by atoms with E-state index in [4.69, 9.17) is 4.74 Å². The Balaban J connectivity index is 1.45. The van der Waals surface area contributed by atoms with Crippen molar-refractivity contribution in [3.05, 3.63) is 89.5 Å². The van der Waals surface area contributed by atoms with Crippen molar-refractivity contribution in [2.75, 3.05) is 17.2 Å². The van der Waals surface area contributed by atoms with E-state index < -0.39 is 0 Å². The number of nitrogens with one attached hydrogen (secondary N) is 2. The van der Waals surface area contributed by atoms with Crippen LogP contribution in [0.3, 0.4) is 0 Å². The maximum Gasteiger partial charge on any atom is 0.262 e. The van der Waals surface area contributed by atoms with Crippen molar-refractivity contribution < 1.29 is 14.3 Å². The topological polar surface area (TPSA) is 67.4 Å². The van der Waals surface area contributed by atoms with Crippen molar-refractivity contribution in [3.8, 4) is 5.75 Å². The predicted octanol–water partition coefficient (Wildman–Crippen LogP) is 4.89. The van der Waals surface area contributed by atoms with Crippen LogP contribution < -0.4 is 15.4 Å². The van der Waals surface area contributed by atoms with E-state index in [-0.39, 0.29) is 18.4 Å². The minimum Gasteiger partial charge on any atom is -0.483 e. The molecule has 0 aliphatic heterocycles. The first-order valence-corrected chi connectivity index (χ1v) is 9.93. The van der Waals surface area contributed by atoms with Gasteiger partial charge in [0, 0.05) is 17.8 Å². The molecular formula is C25H26N2O3. The molecule has 0 saturated heterocycles. The second kappa shape index (κ2) is 10.3. The van der Waals surface area contributed by atoms with Crippen LogP contribution in [0.1, 0.15) is 23.1 Å². The summed E-state index contributed by atoms with van der Waals surface area (Å²) in [4.78, 5) is 24.3. The van der Waals surface area contributed by atoms with Crippen LogP contribution in [0.25, 0.3) is 0 Å². The van der Waals surface area contributed by atoms with Gasteiger partial charge in [0.25, 0.3) is 5.91 Å². The van der Waals surface area contributed by atoms with Crippen LogP contribution in [-0.2, 0) is 16.0 Å². The molecule has 154 valence electrons. The van der Waals surface area contributed by atoms with Gasteiger partial charge in [-0.3, -0.25) is 9.59 Å². The van der Waals surface area contributed by atoms with Crippen LogP contribution in [0.4, 0.5) is 11.4 Å². The van der Waals surface area contributed by atoms with Gasteiger partial charge < -0.3 is 15.4 Å². The average Bonchev–Trinajstić information content (AvgIpc) is 2.75. The van der Waals surface area contributed by atoms with E-state index in [1.54, 1.807) is 24.3 Å². The van der Waals surface area contributed by atoms with E-state index in [0.29, 0.717) is 30.0 Å². The average molecular weight is 402 g/mol. The molecule has 0 aliphatic rings. The Hall–Kier alpha value is -3.60. The van der Waals surface area contributed by atoms with E-state index >= 15 is 0 Å². The first-order chi connectivity index (χ1) is 14.5. The van der Waals surface area contributed by atoms with E-state index in [1.165, 1.54) is 0 Å². The summed E-state index contributed by atoms with van der Waals surface area (Å²) >= 11 is 0. The number of anilines is 2. The molecule has 3 aromatic rings. The van der Waals surface area contributed by atoms with Crippen LogP contribution in [0, 0.1) is 13.8 Å². The Labute approximate surface area is 177 Å². The zero-order valence-corrected chi connectivity index (χ0v) is 17.3. The molecule has 5 heteroatoms. The summed E-state index contributed by atoms with van der Waals surface area (Å²) in [7, 11) is 0. The van der Waals surface area contributed by atoms with Crippen molar-refractivity contribution >= 4 is 23.2 Å². The van der Waals surface area contributed by atoms with Crippen LogP contribution in [0.15, 0.2) is 72.8 Å². The molecule has 0 aromatic heterocycles. The Morgan fingerprint density at radius 1 is 0.800 bits per heavy atom. The molecule has 0 bridgehead atoms. The van der Waals surface area contributed by atoms with Crippen LogP contribution in [-0.4, -0.2) is 18.4 Å². The second-order valence-corrected chi connectivity index (χ2v) is 7.22. The van der Waals surface area contributed by atoms with Gasteiger partial charge in [-0.15, -0.1) is 0 Å². The van der Waals surface area contributed by atoms with Gasteiger partial charge in [-0.25, -0.2) is 0 Å². The number of hydrogen-bond donors (Lipinski definition) is 2. The zero-order chi connectivity index (χ0) is 21.3. The van der Waals surface area contributed by atoms with Crippen molar-refractivity contribution in [2.45, 2.75) is 26.7 Å². The number of aryl methyl sites for hydroxylation is 3. The lowest BCUT2D eigenvalue weighted by molar-refractivity contribution is -0.118. The molecule has 0 atom stereocenters. The van der Waals surface area contributed by atoms with Gasteiger partial charge in [0.2, 0.25) is 5.91 Å². The Bertz CT molecular complexity index is 999. The van der Waals surface area contributed by atoms with E-state index in [2.05, 4.69) is 10.6 Å². The van der Waals surface area contributed by atoms with Gasteiger partial charge in [-0.2, -0.15) is 0 Å². The molecule has 3 rings (SSSR count). The molecule has 0 unspecified atom stereocenters. The van der Waals surface area contributed by atoms with Crippen molar-refractivity contribution in [2.24, 2.45) is 0 Å². The van der Waals surface area contributed by atoms with Gasteiger partial charge in [-0.05, 0) is 67.3 Å². The normalized spacial score (nSPS) is 10.3. The third-order valence-electron chi connectivity index (χ3n) is 4.64. The number of carbonyl (C=O) groups excluding carboxylic acids is 2. The quantitative estimate of drug-likeness (QED) is 0.564. The zero-order valence-electron chi connectivity index (χ0n) is 17.3. The highest BCUT2D eigenvalue weighted by molar-refractivity contribution is 5.93. The van der Waals surface area contributed by atoms with Gasteiger partial charge >= 0.3 is 0 Å². The summed E-state index contributed by atoms with van der Waals surface area (Å²) in [6.07, 6.45) is 1.11. The molecule has 0 fully saturated rings. The second-order valence-electron chi connectivity index (χ2n) is 7.22. The molecule has 5 nitrogen and oxygen atoms in total. The van der Waals surface area contributed by atoms with E-state index in [1.807, 2.05) is 62.4 Å². The molecule has 0 aliphatic carbocycles. The smallest absolute Gasteiger partial charge is 0.262 e. The molecule has 0 spiro atoms.